The first-order valence-corrected chi connectivity index (χ1v) is 15.4. The Kier molecular flexibility index (Phi) is 14.2. The van der Waals surface area contributed by atoms with Gasteiger partial charge in [0.1, 0.15) is 29.3 Å². The zero-order valence-electron chi connectivity index (χ0n) is 26.5. The molecule has 238 valence electrons. The molecule has 0 aliphatic carbocycles. The molecule has 1 aromatic rings. The van der Waals surface area contributed by atoms with Gasteiger partial charge in [-0.15, -0.1) is 0 Å². The third-order valence-electron chi connectivity index (χ3n) is 8.21. The van der Waals surface area contributed by atoms with Gasteiger partial charge in [0.05, 0.1) is 30.3 Å². The zero-order chi connectivity index (χ0) is 31.6. The molecule has 7 atom stereocenters. The molecule has 8 nitrogen and oxygen atoms in total. The Labute approximate surface area is 251 Å². The van der Waals surface area contributed by atoms with Crippen LogP contribution in [0.5, 0.6) is 5.75 Å². The SMILES string of the molecule is CCCCCC[C@H](C)CC(C)=C[C@@H](C)C=C(C)C=C[C@H](O)C(C)(C)c1cc(O)c([C@H]2O[C@@H](CO)C[C@@H](O)[C@@H]2O)c(=O)o1. The van der Waals surface area contributed by atoms with E-state index in [9.17, 15) is 30.3 Å². The molecule has 2 rings (SSSR count). The van der Waals surface area contributed by atoms with Crippen molar-refractivity contribution in [3.63, 3.8) is 0 Å². The molecular weight excluding hydrogens is 536 g/mol. The molecule has 2 heterocycles. The molecule has 5 N–H and O–H groups in total. The average Bonchev–Trinajstić information content (AvgIpc) is 2.91. The first-order chi connectivity index (χ1) is 19.7. The second-order valence-corrected chi connectivity index (χ2v) is 12.8. The molecule has 0 unspecified atom stereocenters. The summed E-state index contributed by atoms with van der Waals surface area (Å²) in [6.45, 7) is 13.8. The van der Waals surface area contributed by atoms with Crippen LogP contribution in [0.3, 0.4) is 0 Å². The second kappa shape index (κ2) is 16.6. The van der Waals surface area contributed by atoms with Gasteiger partial charge in [0, 0.05) is 12.5 Å². The van der Waals surface area contributed by atoms with Crippen LogP contribution in [0.1, 0.15) is 111 Å². The summed E-state index contributed by atoms with van der Waals surface area (Å²) in [6.07, 6.45) is 9.45. The third kappa shape index (κ3) is 10.2. The number of unbranched alkanes of at least 4 members (excludes halogenated alkanes) is 3. The lowest BCUT2D eigenvalue weighted by Crippen LogP contribution is -2.46. The zero-order valence-corrected chi connectivity index (χ0v) is 26.5. The van der Waals surface area contributed by atoms with Gasteiger partial charge < -0.3 is 34.7 Å². The molecule has 0 amide bonds. The Balaban J connectivity index is 2.10. The maximum absolute atomic E-state index is 12.9. The van der Waals surface area contributed by atoms with Gasteiger partial charge in [0.15, 0.2) is 0 Å². The van der Waals surface area contributed by atoms with Crippen LogP contribution < -0.4 is 5.63 Å². The Morgan fingerprint density at radius 3 is 2.45 bits per heavy atom. The number of hydrogen-bond acceptors (Lipinski definition) is 8. The Hall–Kier alpha value is -2.23. The van der Waals surface area contributed by atoms with Gasteiger partial charge >= 0.3 is 5.63 Å². The molecular formula is C34H54O8. The summed E-state index contributed by atoms with van der Waals surface area (Å²) in [4.78, 5) is 12.9. The summed E-state index contributed by atoms with van der Waals surface area (Å²) < 4.78 is 11.0. The summed E-state index contributed by atoms with van der Waals surface area (Å²) in [5.41, 5.74) is -0.0159. The van der Waals surface area contributed by atoms with Crippen LogP contribution in [-0.2, 0) is 10.2 Å². The minimum Gasteiger partial charge on any atom is -0.507 e. The first kappa shape index (κ1) is 36.0. The highest BCUT2D eigenvalue weighted by Gasteiger charge is 2.41. The molecule has 1 aliphatic rings. The fourth-order valence-electron chi connectivity index (χ4n) is 5.62. The summed E-state index contributed by atoms with van der Waals surface area (Å²) in [5, 5.41) is 51.7. The van der Waals surface area contributed by atoms with Crippen molar-refractivity contribution in [1.29, 1.82) is 0 Å². The maximum atomic E-state index is 12.9. The fraction of sp³-hybridized carbons (Fsp3) is 0.676. The number of aliphatic hydroxyl groups excluding tert-OH is 4. The van der Waals surface area contributed by atoms with Crippen molar-refractivity contribution in [2.45, 2.75) is 129 Å². The Morgan fingerprint density at radius 1 is 1.14 bits per heavy atom. The molecule has 1 aromatic heterocycles. The maximum Gasteiger partial charge on any atom is 0.345 e. The van der Waals surface area contributed by atoms with E-state index in [1.165, 1.54) is 43.7 Å². The van der Waals surface area contributed by atoms with E-state index >= 15 is 0 Å². The largest absolute Gasteiger partial charge is 0.507 e. The van der Waals surface area contributed by atoms with E-state index in [0.29, 0.717) is 5.92 Å². The molecule has 0 radical (unpaired) electrons. The number of allylic oxidation sites excluding steroid dienone is 5. The van der Waals surface area contributed by atoms with Crippen LogP contribution >= 0.6 is 0 Å². The topological polar surface area (TPSA) is 141 Å². The lowest BCUT2D eigenvalue weighted by molar-refractivity contribution is -0.180. The van der Waals surface area contributed by atoms with E-state index in [1.807, 2.05) is 13.0 Å². The number of rotatable bonds is 15. The summed E-state index contributed by atoms with van der Waals surface area (Å²) in [7, 11) is 0. The van der Waals surface area contributed by atoms with Crippen LogP contribution in [0.2, 0.25) is 0 Å². The summed E-state index contributed by atoms with van der Waals surface area (Å²) in [6, 6.07) is 1.22. The first-order valence-electron chi connectivity index (χ1n) is 15.4. The van der Waals surface area contributed by atoms with Crippen molar-refractivity contribution in [3.05, 3.63) is 63.3 Å². The van der Waals surface area contributed by atoms with Crippen molar-refractivity contribution in [1.82, 2.24) is 0 Å². The lowest BCUT2D eigenvalue weighted by atomic mass is 9.82. The minimum atomic E-state index is -1.48. The molecule has 0 aromatic carbocycles. The van der Waals surface area contributed by atoms with Crippen molar-refractivity contribution >= 4 is 0 Å². The van der Waals surface area contributed by atoms with E-state index in [1.54, 1.807) is 19.9 Å². The van der Waals surface area contributed by atoms with Gasteiger partial charge in [-0.05, 0) is 46.0 Å². The van der Waals surface area contributed by atoms with E-state index in [2.05, 4.69) is 39.8 Å². The van der Waals surface area contributed by atoms with E-state index in [-0.39, 0.29) is 23.7 Å². The summed E-state index contributed by atoms with van der Waals surface area (Å²) >= 11 is 0. The van der Waals surface area contributed by atoms with Crippen LogP contribution in [0.4, 0.5) is 0 Å². The highest BCUT2D eigenvalue weighted by molar-refractivity contribution is 5.36. The monoisotopic (exact) mass is 590 g/mol. The lowest BCUT2D eigenvalue weighted by Gasteiger charge is -2.36. The fourth-order valence-corrected chi connectivity index (χ4v) is 5.62. The molecule has 8 heteroatoms. The number of aliphatic hydroxyl groups is 4. The van der Waals surface area contributed by atoms with E-state index in [4.69, 9.17) is 9.15 Å². The normalized spacial score (nSPS) is 24.6. The summed E-state index contributed by atoms with van der Waals surface area (Å²) in [5.74, 6) is 0.469. The van der Waals surface area contributed by atoms with Gasteiger partial charge in [0.2, 0.25) is 0 Å². The highest BCUT2D eigenvalue weighted by atomic mass is 16.5. The van der Waals surface area contributed by atoms with Gasteiger partial charge in [-0.1, -0.05) is 88.3 Å². The average molecular weight is 591 g/mol. The molecule has 0 spiro atoms. The van der Waals surface area contributed by atoms with Crippen LogP contribution in [0.15, 0.2) is 50.7 Å². The Bertz CT molecular complexity index is 1130. The smallest absolute Gasteiger partial charge is 0.345 e. The Morgan fingerprint density at radius 2 is 1.83 bits per heavy atom. The molecule has 42 heavy (non-hydrogen) atoms. The van der Waals surface area contributed by atoms with Crippen molar-refractivity contribution in [3.8, 4) is 5.75 Å². The number of hydrogen-bond donors (Lipinski definition) is 5. The van der Waals surface area contributed by atoms with Crippen molar-refractivity contribution < 1.29 is 34.7 Å². The van der Waals surface area contributed by atoms with Crippen molar-refractivity contribution in [2.24, 2.45) is 11.8 Å². The van der Waals surface area contributed by atoms with Crippen LogP contribution in [-0.4, -0.2) is 56.6 Å². The van der Waals surface area contributed by atoms with E-state index in [0.717, 1.165) is 12.0 Å². The standard InChI is InChI=1S/C34H54O8/c1-8-9-10-11-12-21(2)15-23(4)17-24(5)16-22(3)13-14-28(38)34(6,7)29-19-26(36)30(33(40)42-29)32-31(39)27(37)18-25(20-35)41-32/h13-14,16-17,19,21,24-25,27-28,31-32,35-39H,8-12,15,18,20H2,1-7H3/t21-,24-,25+,27+,28-,31-,32+/m0/s1. The second-order valence-electron chi connectivity index (χ2n) is 12.8. The van der Waals surface area contributed by atoms with Crippen molar-refractivity contribution in [2.75, 3.05) is 6.61 Å². The highest BCUT2D eigenvalue weighted by Crippen LogP contribution is 2.37. The van der Waals surface area contributed by atoms with Gasteiger partial charge in [0.25, 0.3) is 0 Å². The molecule has 0 bridgehead atoms. The molecule has 1 aliphatic heterocycles. The van der Waals surface area contributed by atoms with Gasteiger partial charge in [-0.25, -0.2) is 4.79 Å². The number of aromatic hydroxyl groups is 1. The molecule has 1 saturated heterocycles. The third-order valence-corrected chi connectivity index (χ3v) is 8.21. The molecule has 0 saturated carbocycles. The predicted octanol–water partition coefficient (Wildman–Crippen LogP) is 5.61. The van der Waals surface area contributed by atoms with E-state index < -0.39 is 53.9 Å². The minimum absolute atomic E-state index is 0.00909. The number of ether oxygens (including phenoxy) is 1. The quantitative estimate of drug-likeness (QED) is 0.101. The molecule has 1 fully saturated rings. The van der Waals surface area contributed by atoms with Gasteiger partial charge in [-0.2, -0.15) is 0 Å². The van der Waals surface area contributed by atoms with Crippen LogP contribution in [0.25, 0.3) is 0 Å². The van der Waals surface area contributed by atoms with Gasteiger partial charge in [-0.3, -0.25) is 0 Å². The predicted molar refractivity (Wildman–Crippen MR) is 165 cm³/mol. The van der Waals surface area contributed by atoms with Crippen LogP contribution in [0, 0.1) is 11.8 Å².